The summed E-state index contributed by atoms with van der Waals surface area (Å²) in [4.78, 5) is 27.7. The summed E-state index contributed by atoms with van der Waals surface area (Å²) in [6.45, 7) is 4.30. The van der Waals surface area contributed by atoms with Crippen LogP contribution < -0.4 is 0 Å². The van der Waals surface area contributed by atoms with Crippen LogP contribution in [0.25, 0.3) is 0 Å². The van der Waals surface area contributed by atoms with Gasteiger partial charge in [0.15, 0.2) is 0 Å². The maximum atomic E-state index is 12.4. The van der Waals surface area contributed by atoms with Crippen molar-refractivity contribution >= 4 is 27.7 Å². The lowest BCUT2D eigenvalue weighted by Crippen LogP contribution is -2.51. The summed E-state index contributed by atoms with van der Waals surface area (Å²) >= 11 is 3.45. The van der Waals surface area contributed by atoms with Gasteiger partial charge in [0.1, 0.15) is 6.61 Å². The molecule has 1 aliphatic rings. The minimum Gasteiger partial charge on any atom is -0.375 e. The van der Waals surface area contributed by atoms with Crippen molar-refractivity contribution in [3.63, 3.8) is 0 Å². The number of carbonyl (C=O) groups is 2. The second-order valence-electron chi connectivity index (χ2n) is 5.07. The Bertz CT molecular complexity index is 540. The predicted octanol–water partition coefficient (Wildman–Crippen LogP) is 1.69. The van der Waals surface area contributed by atoms with Crippen LogP contribution in [0.1, 0.15) is 15.9 Å². The van der Waals surface area contributed by atoms with E-state index in [1.807, 2.05) is 25.1 Å². The Morgan fingerprint density at radius 1 is 1.19 bits per heavy atom. The van der Waals surface area contributed by atoms with E-state index < -0.39 is 0 Å². The van der Waals surface area contributed by atoms with Gasteiger partial charge in [-0.3, -0.25) is 9.59 Å². The van der Waals surface area contributed by atoms with Gasteiger partial charge in [0, 0.05) is 43.3 Å². The molecule has 0 bridgehead atoms. The van der Waals surface area contributed by atoms with Crippen molar-refractivity contribution in [1.82, 2.24) is 9.80 Å². The molecule has 1 aromatic carbocycles. The average Bonchev–Trinajstić information content (AvgIpc) is 2.50. The van der Waals surface area contributed by atoms with Gasteiger partial charge in [0.05, 0.1) is 0 Å². The van der Waals surface area contributed by atoms with E-state index in [1.54, 1.807) is 9.80 Å². The largest absolute Gasteiger partial charge is 0.375 e. The average molecular weight is 355 g/mol. The third-order valence-electron chi connectivity index (χ3n) is 3.61. The molecule has 1 saturated heterocycles. The molecular weight excluding hydrogens is 336 g/mol. The second kappa shape index (κ2) is 7.04. The lowest BCUT2D eigenvalue weighted by Gasteiger charge is -2.34. The molecule has 114 valence electrons. The summed E-state index contributed by atoms with van der Waals surface area (Å²) in [5, 5.41) is 0. The number of halogens is 1. The van der Waals surface area contributed by atoms with Crippen molar-refractivity contribution in [3.8, 4) is 0 Å². The molecule has 1 heterocycles. The minimum absolute atomic E-state index is 0.00883. The number of carbonyl (C=O) groups excluding carboxylic acids is 2. The van der Waals surface area contributed by atoms with Crippen molar-refractivity contribution in [1.29, 1.82) is 0 Å². The zero-order chi connectivity index (χ0) is 15.4. The summed E-state index contributed by atoms with van der Waals surface area (Å²) in [6, 6.07) is 5.61. The molecule has 0 spiro atoms. The third-order valence-corrected chi connectivity index (χ3v) is 4.46. The normalized spacial score (nSPS) is 15.2. The van der Waals surface area contributed by atoms with E-state index in [2.05, 4.69) is 15.9 Å². The van der Waals surface area contributed by atoms with Gasteiger partial charge in [-0.05, 0) is 24.6 Å². The number of hydrogen-bond donors (Lipinski definition) is 0. The molecule has 2 rings (SSSR count). The molecule has 0 N–H and O–H groups in total. The van der Waals surface area contributed by atoms with Gasteiger partial charge in [-0.25, -0.2) is 0 Å². The number of ether oxygens (including phenoxy) is 1. The molecule has 1 aliphatic heterocycles. The molecule has 0 radical (unpaired) electrons. The molecule has 0 atom stereocenters. The fraction of sp³-hybridized carbons (Fsp3) is 0.467. The first-order valence-corrected chi connectivity index (χ1v) is 7.64. The smallest absolute Gasteiger partial charge is 0.254 e. The molecule has 0 unspecified atom stereocenters. The van der Waals surface area contributed by atoms with Gasteiger partial charge in [0.2, 0.25) is 5.91 Å². The highest BCUT2D eigenvalue weighted by molar-refractivity contribution is 9.10. The van der Waals surface area contributed by atoms with E-state index in [1.165, 1.54) is 7.11 Å². The quantitative estimate of drug-likeness (QED) is 0.829. The zero-order valence-electron chi connectivity index (χ0n) is 12.3. The zero-order valence-corrected chi connectivity index (χ0v) is 13.9. The van der Waals surface area contributed by atoms with Crippen LogP contribution in [0.2, 0.25) is 0 Å². The summed E-state index contributed by atoms with van der Waals surface area (Å²) in [6.07, 6.45) is 0. The van der Waals surface area contributed by atoms with Gasteiger partial charge in [-0.15, -0.1) is 0 Å². The number of rotatable bonds is 3. The topological polar surface area (TPSA) is 49.9 Å². The number of nitrogens with zero attached hydrogens (tertiary/aromatic N) is 2. The highest BCUT2D eigenvalue weighted by Gasteiger charge is 2.24. The van der Waals surface area contributed by atoms with Crippen LogP contribution in [0.5, 0.6) is 0 Å². The molecule has 1 fully saturated rings. The summed E-state index contributed by atoms with van der Waals surface area (Å²) < 4.78 is 5.78. The maximum Gasteiger partial charge on any atom is 0.254 e. The first-order valence-electron chi connectivity index (χ1n) is 6.85. The van der Waals surface area contributed by atoms with Crippen molar-refractivity contribution in [3.05, 3.63) is 33.8 Å². The molecular formula is C15H19BrN2O3. The third kappa shape index (κ3) is 3.83. The second-order valence-corrected chi connectivity index (χ2v) is 5.92. The highest BCUT2D eigenvalue weighted by Crippen LogP contribution is 2.19. The number of methoxy groups -OCH3 is 1. The Morgan fingerprint density at radius 3 is 2.38 bits per heavy atom. The molecule has 0 aromatic heterocycles. The van der Waals surface area contributed by atoms with E-state index in [4.69, 9.17) is 4.74 Å². The summed E-state index contributed by atoms with van der Waals surface area (Å²) in [5.41, 5.74) is 1.77. The molecule has 6 heteroatoms. The highest BCUT2D eigenvalue weighted by atomic mass is 79.9. The van der Waals surface area contributed by atoms with E-state index in [-0.39, 0.29) is 18.4 Å². The molecule has 1 aromatic rings. The molecule has 2 amide bonds. The number of benzene rings is 1. The van der Waals surface area contributed by atoms with E-state index >= 15 is 0 Å². The predicted molar refractivity (Wildman–Crippen MR) is 83.2 cm³/mol. The molecule has 5 nitrogen and oxygen atoms in total. The van der Waals surface area contributed by atoms with Crippen LogP contribution in [0.15, 0.2) is 22.7 Å². The lowest BCUT2D eigenvalue weighted by atomic mass is 10.1. The molecule has 0 aliphatic carbocycles. The Kier molecular flexibility index (Phi) is 5.36. The van der Waals surface area contributed by atoms with Crippen molar-refractivity contribution in [2.24, 2.45) is 0 Å². The van der Waals surface area contributed by atoms with Gasteiger partial charge in [0.25, 0.3) is 5.91 Å². The van der Waals surface area contributed by atoms with Gasteiger partial charge in [-0.1, -0.05) is 22.0 Å². The Morgan fingerprint density at radius 2 is 1.81 bits per heavy atom. The standard InChI is InChI=1S/C15H19BrN2O3/c1-11-3-4-12(9-13(11)16)15(20)18-7-5-17(6-8-18)14(19)10-21-2/h3-4,9H,5-8,10H2,1-2H3. The Labute approximate surface area is 133 Å². The van der Waals surface area contributed by atoms with E-state index in [9.17, 15) is 9.59 Å². The number of amides is 2. The van der Waals surface area contributed by atoms with Gasteiger partial charge < -0.3 is 14.5 Å². The van der Waals surface area contributed by atoms with Crippen molar-refractivity contribution in [2.75, 3.05) is 39.9 Å². The first-order chi connectivity index (χ1) is 10.0. The lowest BCUT2D eigenvalue weighted by molar-refractivity contribution is -0.136. The SMILES string of the molecule is COCC(=O)N1CCN(C(=O)c2ccc(C)c(Br)c2)CC1. The number of piperazine rings is 1. The molecule has 0 saturated carbocycles. The fourth-order valence-electron chi connectivity index (χ4n) is 2.28. The van der Waals surface area contributed by atoms with Crippen molar-refractivity contribution < 1.29 is 14.3 Å². The monoisotopic (exact) mass is 354 g/mol. The van der Waals surface area contributed by atoms with Crippen LogP contribution >= 0.6 is 15.9 Å². The number of hydrogen-bond acceptors (Lipinski definition) is 3. The van der Waals surface area contributed by atoms with Crippen LogP contribution in [-0.2, 0) is 9.53 Å². The van der Waals surface area contributed by atoms with Gasteiger partial charge >= 0.3 is 0 Å². The minimum atomic E-state index is -0.0253. The first kappa shape index (κ1) is 16.0. The van der Waals surface area contributed by atoms with Crippen LogP contribution in [0.3, 0.4) is 0 Å². The van der Waals surface area contributed by atoms with Crippen LogP contribution in [-0.4, -0.2) is 61.5 Å². The van der Waals surface area contributed by atoms with Gasteiger partial charge in [-0.2, -0.15) is 0 Å². The van der Waals surface area contributed by atoms with E-state index in [0.717, 1.165) is 10.0 Å². The summed E-state index contributed by atoms with van der Waals surface area (Å²) in [5.74, 6) is -0.0165. The maximum absolute atomic E-state index is 12.4. The Hall–Kier alpha value is -1.40. The van der Waals surface area contributed by atoms with Crippen molar-refractivity contribution in [2.45, 2.75) is 6.92 Å². The summed E-state index contributed by atoms with van der Waals surface area (Å²) in [7, 11) is 1.51. The van der Waals surface area contributed by atoms with Crippen LogP contribution in [0, 0.1) is 6.92 Å². The van der Waals surface area contributed by atoms with E-state index in [0.29, 0.717) is 31.7 Å². The molecule has 21 heavy (non-hydrogen) atoms. The number of aryl methyl sites for hydroxylation is 1. The fourth-order valence-corrected chi connectivity index (χ4v) is 2.66. The van der Waals surface area contributed by atoms with Crippen LogP contribution in [0.4, 0.5) is 0 Å². The Balaban J connectivity index is 1.97.